The second kappa shape index (κ2) is 3.48. The lowest BCUT2D eigenvalue weighted by molar-refractivity contribution is 0.637. The normalized spacial score (nSPS) is 11.0. The zero-order chi connectivity index (χ0) is 9.42. The summed E-state index contributed by atoms with van der Waals surface area (Å²) in [7, 11) is 0. The number of hydrogen-bond donors (Lipinski definition) is 1. The van der Waals surface area contributed by atoms with Crippen molar-refractivity contribution in [2.45, 2.75) is 10.8 Å². The van der Waals surface area contributed by atoms with Crippen molar-refractivity contribution in [3.63, 3.8) is 0 Å². The third kappa shape index (κ3) is 1.56. The van der Waals surface area contributed by atoms with Crippen molar-refractivity contribution in [3.8, 4) is 0 Å². The van der Waals surface area contributed by atoms with E-state index < -0.39 is 0 Å². The minimum Gasteiger partial charge on any atom is -0.206 e. The molecule has 0 saturated heterocycles. The quantitative estimate of drug-likeness (QED) is 0.556. The van der Waals surface area contributed by atoms with Crippen molar-refractivity contribution in [1.82, 2.24) is 0 Å². The van der Waals surface area contributed by atoms with Crippen LogP contribution >= 0.6 is 35.6 Å². The van der Waals surface area contributed by atoms with Crippen LogP contribution in [0.1, 0.15) is 5.56 Å². The van der Waals surface area contributed by atoms with Crippen molar-refractivity contribution in [2.75, 3.05) is 0 Å². The molecule has 0 atom stereocenters. The Hall–Kier alpha value is -0.250. The maximum Gasteiger partial charge on any atom is 0.133 e. The summed E-state index contributed by atoms with van der Waals surface area (Å²) in [6.45, 7) is 0. The molecule has 0 aliphatic heterocycles. The van der Waals surface area contributed by atoms with Gasteiger partial charge in [-0.2, -0.15) is 0 Å². The van der Waals surface area contributed by atoms with Crippen molar-refractivity contribution >= 4 is 45.7 Å². The zero-order valence-electron chi connectivity index (χ0n) is 6.55. The number of thiol groups is 1. The maximum absolute atomic E-state index is 13.4. The van der Waals surface area contributed by atoms with E-state index in [4.69, 9.17) is 11.6 Å². The number of hydrogen-bond acceptors (Lipinski definition) is 2. The second-order valence-corrected chi connectivity index (χ2v) is 4.37. The van der Waals surface area contributed by atoms with Gasteiger partial charge in [0.1, 0.15) is 5.82 Å². The molecule has 0 spiro atoms. The lowest BCUT2D eigenvalue weighted by Crippen LogP contribution is -1.81. The highest BCUT2D eigenvalue weighted by Gasteiger charge is 2.08. The number of thiophene rings is 1. The summed E-state index contributed by atoms with van der Waals surface area (Å²) in [6.07, 6.45) is 0. The Bertz CT molecular complexity index is 450. The molecule has 2 rings (SSSR count). The van der Waals surface area contributed by atoms with Crippen LogP contribution < -0.4 is 0 Å². The van der Waals surface area contributed by atoms with Gasteiger partial charge in [-0.25, -0.2) is 4.39 Å². The lowest BCUT2D eigenvalue weighted by atomic mass is 10.2. The van der Waals surface area contributed by atoms with E-state index in [1.165, 1.54) is 17.4 Å². The summed E-state index contributed by atoms with van der Waals surface area (Å²) >= 11 is 11.3. The summed E-state index contributed by atoms with van der Waals surface area (Å²) in [5, 5.41) is 2.43. The molecule has 2 aromatic rings. The van der Waals surface area contributed by atoms with Gasteiger partial charge >= 0.3 is 0 Å². The smallest absolute Gasteiger partial charge is 0.133 e. The summed E-state index contributed by atoms with van der Waals surface area (Å²) in [4.78, 5) is 0.693. The van der Waals surface area contributed by atoms with Gasteiger partial charge in [0.2, 0.25) is 0 Å². The molecule has 0 fully saturated rings. The SMILES string of the molecule is Fc1cc(CCl)cc2scc(S)c12. The molecule has 0 saturated carbocycles. The first-order valence-electron chi connectivity index (χ1n) is 3.67. The number of benzene rings is 1. The maximum atomic E-state index is 13.4. The van der Waals surface area contributed by atoms with Gasteiger partial charge in [-0.3, -0.25) is 0 Å². The molecule has 0 unspecified atom stereocenters. The van der Waals surface area contributed by atoms with E-state index in [9.17, 15) is 4.39 Å². The number of halogens is 2. The van der Waals surface area contributed by atoms with E-state index in [2.05, 4.69) is 12.6 Å². The first kappa shape index (κ1) is 9.31. The van der Waals surface area contributed by atoms with Crippen LogP contribution in [0.4, 0.5) is 4.39 Å². The fourth-order valence-electron chi connectivity index (χ4n) is 1.23. The van der Waals surface area contributed by atoms with E-state index in [0.717, 1.165) is 10.3 Å². The van der Waals surface area contributed by atoms with Crippen molar-refractivity contribution < 1.29 is 4.39 Å². The van der Waals surface area contributed by atoms with Crippen LogP contribution in [-0.4, -0.2) is 0 Å². The average Bonchev–Trinajstić information content (AvgIpc) is 2.48. The lowest BCUT2D eigenvalue weighted by Gasteiger charge is -1.98. The highest BCUT2D eigenvalue weighted by molar-refractivity contribution is 7.80. The third-order valence-corrected chi connectivity index (χ3v) is 3.59. The predicted molar refractivity (Wildman–Crippen MR) is 58.6 cm³/mol. The predicted octanol–water partition coefficient (Wildman–Crippen LogP) is 4.07. The molecule has 0 bridgehead atoms. The van der Waals surface area contributed by atoms with E-state index in [1.54, 1.807) is 0 Å². The first-order valence-corrected chi connectivity index (χ1v) is 5.53. The molecule has 68 valence electrons. The van der Waals surface area contributed by atoms with E-state index in [-0.39, 0.29) is 5.82 Å². The standard InChI is InChI=1S/C9H6ClFS2/c10-3-5-1-6(11)9-7(12)4-13-8(9)2-5/h1-2,4,12H,3H2. The van der Waals surface area contributed by atoms with Gasteiger partial charge in [0.15, 0.2) is 0 Å². The van der Waals surface area contributed by atoms with Crippen molar-refractivity contribution in [1.29, 1.82) is 0 Å². The fourth-order valence-corrected chi connectivity index (χ4v) is 2.75. The molecular weight excluding hydrogens is 227 g/mol. The Morgan fingerprint density at radius 3 is 2.92 bits per heavy atom. The van der Waals surface area contributed by atoms with Gasteiger partial charge in [0, 0.05) is 26.2 Å². The minimum absolute atomic E-state index is 0.237. The largest absolute Gasteiger partial charge is 0.206 e. The van der Waals surface area contributed by atoms with Crippen LogP contribution in [-0.2, 0) is 5.88 Å². The van der Waals surface area contributed by atoms with Gasteiger partial charge < -0.3 is 0 Å². The highest BCUT2D eigenvalue weighted by atomic mass is 35.5. The Labute approximate surface area is 89.7 Å². The van der Waals surface area contributed by atoms with Crippen LogP contribution in [0.5, 0.6) is 0 Å². The monoisotopic (exact) mass is 232 g/mol. The molecule has 0 N–H and O–H groups in total. The molecule has 1 aromatic heterocycles. The third-order valence-electron chi connectivity index (χ3n) is 1.82. The molecule has 1 heterocycles. The Kier molecular flexibility index (Phi) is 2.49. The van der Waals surface area contributed by atoms with Crippen LogP contribution in [0.25, 0.3) is 10.1 Å². The molecule has 13 heavy (non-hydrogen) atoms. The fraction of sp³-hybridized carbons (Fsp3) is 0.111. The van der Waals surface area contributed by atoms with Gasteiger partial charge in [0.05, 0.1) is 0 Å². The van der Waals surface area contributed by atoms with Crippen molar-refractivity contribution in [2.24, 2.45) is 0 Å². The molecular formula is C9H6ClFS2. The number of fused-ring (bicyclic) bond motifs is 1. The van der Waals surface area contributed by atoms with E-state index in [1.807, 2.05) is 11.4 Å². The van der Waals surface area contributed by atoms with E-state index >= 15 is 0 Å². The molecule has 1 aromatic carbocycles. The number of alkyl halides is 1. The molecule has 4 heteroatoms. The Balaban J connectivity index is 2.79. The Morgan fingerprint density at radius 1 is 1.46 bits per heavy atom. The zero-order valence-corrected chi connectivity index (χ0v) is 9.02. The van der Waals surface area contributed by atoms with Crippen LogP contribution in [0.3, 0.4) is 0 Å². The molecule has 0 nitrogen and oxygen atoms in total. The summed E-state index contributed by atoms with van der Waals surface area (Å²) in [5.41, 5.74) is 0.807. The number of rotatable bonds is 1. The molecule has 0 amide bonds. The molecule has 0 aliphatic rings. The Morgan fingerprint density at radius 2 is 2.23 bits per heavy atom. The van der Waals surface area contributed by atoms with Gasteiger partial charge in [-0.05, 0) is 17.7 Å². The first-order chi connectivity index (χ1) is 6.22. The highest BCUT2D eigenvalue weighted by Crippen LogP contribution is 2.32. The second-order valence-electron chi connectivity index (χ2n) is 2.71. The molecule has 0 radical (unpaired) electrons. The molecule has 0 aliphatic carbocycles. The van der Waals surface area contributed by atoms with Crippen LogP contribution in [0.15, 0.2) is 22.4 Å². The topological polar surface area (TPSA) is 0 Å². The minimum atomic E-state index is -0.237. The van der Waals surface area contributed by atoms with Gasteiger partial charge in [-0.1, -0.05) is 0 Å². The summed E-state index contributed by atoms with van der Waals surface area (Å²) < 4.78 is 14.3. The van der Waals surface area contributed by atoms with Crippen LogP contribution in [0.2, 0.25) is 0 Å². The summed E-state index contributed by atoms with van der Waals surface area (Å²) in [6, 6.07) is 3.36. The van der Waals surface area contributed by atoms with Gasteiger partial charge in [0.25, 0.3) is 0 Å². The average molecular weight is 233 g/mol. The van der Waals surface area contributed by atoms with Gasteiger partial charge in [-0.15, -0.1) is 35.6 Å². The van der Waals surface area contributed by atoms with Crippen LogP contribution in [0, 0.1) is 5.82 Å². The van der Waals surface area contributed by atoms with E-state index in [0.29, 0.717) is 16.2 Å². The summed E-state index contributed by atoms with van der Waals surface area (Å²) in [5.74, 6) is 0.103. The van der Waals surface area contributed by atoms with Crippen molar-refractivity contribution in [3.05, 3.63) is 28.9 Å².